The molecule has 0 bridgehead atoms. The molecule has 1 heterocycles. The smallest absolute Gasteiger partial charge is 0.299 e. The summed E-state index contributed by atoms with van der Waals surface area (Å²) in [6.07, 6.45) is 0.0950. The van der Waals surface area contributed by atoms with E-state index >= 15 is 0 Å². The van der Waals surface area contributed by atoms with Gasteiger partial charge in [0.05, 0.1) is 11.6 Å². The maximum absolute atomic E-state index is 14.3. The van der Waals surface area contributed by atoms with E-state index in [1.54, 1.807) is 64.1 Å². The lowest BCUT2D eigenvalue weighted by atomic mass is 9.93. The van der Waals surface area contributed by atoms with E-state index in [1.165, 1.54) is 12.1 Å². The molecule has 0 saturated carbocycles. The van der Waals surface area contributed by atoms with Crippen molar-refractivity contribution in [2.45, 2.75) is 56.6 Å². The number of sulfonamides is 1. The van der Waals surface area contributed by atoms with Crippen LogP contribution in [-0.2, 0) is 20.4 Å². The molecule has 0 aliphatic carbocycles. The summed E-state index contributed by atoms with van der Waals surface area (Å²) in [5.74, 6) is -0.502. The Balaban J connectivity index is 1.95. The summed E-state index contributed by atoms with van der Waals surface area (Å²) in [4.78, 5) is 4.29. The van der Waals surface area contributed by atoms with Gasteiger partial charge in [-0.25, -0.2) is 22.5 Å². The largest absolute Gasteiger partial charge is 0.457 e. The van der Waals surface area contributed by atoms with Gasteiger partial charge in [0.1, 0.15) is 16.7 Å². The maximum atomic E-state index is 14.3. The average molecular weight is 465 g/mol. The molecule has 0 amide bonds. The van der Waals surface area contributed by atoms with Crippen LogP contribution in [0.4, 0.5) is 4.39 Å². The topological polar surface area (TPSA) is 108 Å². The Morgan fingerprint density at radius 1 is 1.19 bits per heavy atom. The molecule has 1 unspecified atom stereocenters. The summed E-state index contributed by atoms with van der Waals surface area (Å²) in [5.41, 5.74) is -0.865. The molecular formula is C23H29FN2O5S. The number of hydrogen-bond donors (Lipinski definition) is 3. The minimum absolute atomic E-state index is 0.0950. The van der Waals surface area contributed by atoms with E-state index in [0.717, 1.165) is 0 Å². The lowest BCUT2D eigenvalue weighted by Crippen LogP contribution is -2.53. The van der Waals surface area contributed by atoms with Gasteiger partial charge in [-0.05, 0) is 51.3 Å². The molecule has 3 N–H and O–H groups in total. The molecule has 32 heavy (non-hydrogen) atoms. The molecule has 1 aliphatic heterocycles. The highest BCUT2D eigenvalue weighted by Gasteiger charge is 2.48. The van der Waals surface area contributed by atoms with Crippen LogP contribution in [0.25, 0.3) is 0 Å². The van der Waals surface area contributed by atoms with Crippen molar-refractivity contribution >= 4 is 16.0 Å². The Bertz CT molecular complexity index is 1090. The highest BCUT2D eigenvalue weighted by atomic mass is 32.2. The Morgan fingerprint density at radius 3 is 2.34 bits per heavy atom. The molecule has 3 rings (SSSR count). The van der Waals surface area contributed by atoms with Gasteiger partial charge >= 0.3 is 0 Å². The van der Waals surface area contributed by atoms with Gasteiger partial charge in [-0.3, -0.25) is 0 Å². The summed E-state index contributed by atoms with van der Waals surface area (Å²) >= 11 is 0. The van der Waals surface area contributed by atoms with Crippen LogP contribution in [0.15, 0.2) is 53.5 Å². The predicted octanol–water partition coefficient (Wildman–Crippen LogP) is 3.30. The van der Waals surface area contributed by atoms with Crippen molar-refractivity contribution in [3.63, 3.8) is 0 Å². The van der Waals surface area contributed by atoms with Crippen molar-refractivity contribution < 1.29 is 27.8 Å². The van der Waals surface area contributed by atoms with E-state index < -0.39 is 38.3 Å². The van der Waals surface area contributed by atoms with E-state index in [-0.39, 0.29) is 24.6 Å². The van der Waals surface area contributed by atoms with Crippen molar-refractivity contribution in [1.29, 1.82) is 0 Å². The number of ether oxygens (including phenoxy) is 1. The molecule has 1 fully saturated rings. The summed E-state index contributed by atoms with van der Waals surface area (Å²) < 4.78 is 48.9. The second-order valence-corrected chi connectivity index (χ2v) is 10.7. The molecule has 1 saturated heterocycles. The zero-order valence-corrected chi connectivity index (χ0v) is 19.4. The minimum Gasteiger partial charge on any atom is -0.457 e. The number of nitrogens with zero attached hydrogens (tertiary/aromatic N) is 1. The Labute approximate surface area is 188 Å². The third-order valence-corrected chi connectivity index (χ3v) is 7.31. The van der Waals surface area contributed by atoms with E-state index in [4.69, 9.17) is 4.74 Å². The van der Waals surface area contributed by atoms with Crippen LogP contribution >= 0.6 is 0 Å². The lowest BCUT2D eigenvalue weighted by molar-refractivity contribution is 0.0754. The van der Waals surface area contributed by atoms with Crippen LogP contribution < -0.4 is 4.72 Å². The number of halogens is 1. The molecule has 0 radical (unpaired) electrons. The van der Waals surface area contributed by atoms with Crippen LogP contribution in [0.1, 0.15) is 62.1 Å². The third-order valence-electron chi connectivity index (χ3n) is 5.39. The first-order valence-electron chi connectivity index (χ1n) is 10.3. The summed E-state index contributed by atoms with van der Waals surface area (Å²) in [6.45, 7) is 6.31. The van der Waals surface area contributed by atoms with Crippen LogP contribution in [0.2, 0.25) is 0 Å². The fourth-order valence-corrected chi connectivity index (χ4v) is 5.64. The second kappa shape index (κ2) is 8.80. The normalized spacial score (nSPS) is 22.1. The molecular weight excluding hydrogens is 435 g/mol. The second-order valence-electron chi connectivity index (χ2n) is 8.90. The van der Waals surface area contributed by atoms with Crippen molar-refractivity contribution in [2.75, 3.05) is 6.61 Å². The van der Waals surface area contributed by atoms with Crippen molar-refractivity contribution in [3.05, 3.63) is 71.0 Å². The molecule has 7 nitrogen and oxygen atoms in total. The van der Waals surface area contributed by atoms with Crippen molar-refractivity contribution in [3.8, 4) is 0 Å². The quantitative estimate of drug-likeness (QED) is 0.608. The Kier molecular flexibility index (Phi) is 6.65. The van der Waals surface area contributed by atoms with Crippen molar-refractivity contribution in [1.82, 2.24) is 4.72 Å². The van der Waals surface area contributed by atoms with E-state index in [9.17, 15) is 23.0 Å². The van der Waals surface area contributed by atoms with E-state index in [1.807, 2.05) is 0 Å². The van der Waals surface area contributed by atoms with Gasteiger partial charge in [0.15, 0.2) is 0 Å². The maximum Gasteiger partial charge on any atom is 0.299 e. The zero-order chi connectivity index (χ0) is 23.7. The number of aliphatic imine (C=N–C) groups is 1. The SMILES string of the molecule is CC(C)(O)c1ccc(C2C(C)(C)OC(=N[C@@H](CCO)c3ccccc3F)NS2(=O)=O)cc1. The van der Waals surface area contributed by atoms with Crippen LogP contribution in [0.3, 0.4) is 0 Å². The zero-order valence-electron chi connectivity index (χ0n) is 18.5. The molecule has 0 aromatic heterocycles. The first-order valence-corrected chi connectivity index (χ1v) is 11.9. The van der Waals surface area contributed by atoms with E-state index in [2.05, 4.69) is 9.71 Å². The van der Waals surface area contributed by atoms with Gasteiger partial charge < -0.3 is 14.9 Å². The Morgan fingerprint density at radius 2 is 1.81 bits per heavy atom. The predicted molar refractivity (Wildman–Crippen MR) is 120 cm³/mol. The summed E-state index contributed by atoms with van der Waals surface area (Å²) in [5, 5.41) is 18.5. The first kappa shape index (κ1) is 24.2. The molecule has 1 aliphatic rings. The average Bonchev–Trinajstić information content (AvgIpc) is 2.66. The number of rotatable bonds is 6. The van der Waals surface area contributed by atoms with Crippen molar-refractivity contribution in [2.24, 2.45) is 4.99 Å². The number of hydrogen-bond acceptors (Lipinski definition) is 6. The third kappa shape index (κ3) is 5.11. The van der Waals surface area contributed by atoms with Gasteiger partial charge in [-0.2, -0.15) is 0 Å². The molecule has 2 aromatic rings. The number of amidine groups is 1. The minimum atomic E-state index is -3.96. The number of aliphatic hydroxyl groups is 2. The van der Waals surface area contributed by atoms with Gasteiger partial charge in [0.25, 0.3) is 6.02 Å². The number of benzene rings is 2. The summed E-state index contributed by atoms with van der Waals surface area (Å²) in [7, 11) is -3.96. The van der Waals surface area contributed by atoms with Crippen LogP contribution in [0.5, 0.6) is 0 Å². The van der Waals surface area contributed by atoms with Gasteiger partial charge in [-0.1, -0.05) is 42.5 Å². The number of nitrogens with one attached hydrogen (secondary N) is 1. The van der Waals surface area contributed by atoms with Gasteiger partial charge in [0, 0.05) is 12.2 Å². The van der Waals surface area contributed by atoms with Crippen LogP contribution in [-0.4, -0.2) is 36.9 Å². The monoisotopic (exact) mass is 464 g/mol. The van der Waals surface area contributed by atoms with Crippen LogP contribution in [0, 0.1) is 5.82 Å². The van der Waals surface area contributed by atoms with Gasteiger partial charge in [-0.15, -0.1) is 0 Å². The Hall–Kier alpha value is -2.49. The standard InChI is InChI=1S/C23H29FN2O5S/c1-22(2,28)16-11-9-15(10-12-16)20-23(3,4)31-21(26-32(20,29)30)25-19(13-14-27)17-7-5-6-8-18(17)24/h5-12,19-20,27-28H,13-14H2,1-4H3,(H,25,26)/t19-,20?/m0/s1. The first-order chi connectivity index (χ1) is 14.8. The lowest BCUT2D eigenvalue weighted by Gasteiger charge is -2.39. The highest BCUT2D eigenvalue weighted by Crippen LogP contribution is 2.39. The molecule has 2 aromatic carbocycles. The fraction of sp³-hybridized carbons (Fsp3) is 0.435. The highest BCUT2D eigenvalue weighted by molar-refractivity contribution is 7.90. The van der Waals surface area contributed by atoms with Gasteiger partial charge in [0.2, 0.25) is 10.0 Å². The molecule has 2 atom stereocenters. The molecule has 0 spiro atoms. The molecule has 9 heteroatoms. The fourth-order valence-electron chi connectivity index (χ4n) is 3.88. The number of aliphatic hydroxyl groups excluding tert-OH is 1. The van der Waals surface area contributed by atoms with E-state index in [0.29, 0.717) is 11.1 Å². The summed E-state index contributed by atoms with van der Waals surface area (Å²) in [6, 6.07) is 11.6. The molecule has 174 valence electrons.